The van der Waals surface area contributed by atoms with Crippen molar-refractivity contribution in [2.24, 2.45) is 12.0 Å². The smallest absolute Gasteiger partial charge is 0.191 e. The second-order valence-corrected chi connectivity index (χ2v) is 4.78. The predicted molar refractivity (Wildman–Crippen MR) is 85.6 cm³/mol. The lowest BCUT2D eigenvalue weighted by Gasteiger charge is -2.12. The Morgan fingerprint density at radius 2 is 2.13 bits per heavy atom. The van der Waals surface area contributed by atoms with E-state index < -0.39 is 0 Å². The SMILES string of the molecule is CCOc1ccc(CNC(=NC)NCc2ncnn2C)cc1F. The monoisotopic (exact) mass is 320 g/mol. The van der Waals surface area contributed by atoms with Gasteiger partial charge in [-0.15, -0.1) is 0 Å². The maximum Gasteiger partial charge on any atom is 0.191 e. The molecule has 23 heavy (non-hydrogen) atoms. The third-order valence-corrected chi connectivity index (χ3v) is 3.20. The molecule has 0 spiro atoms. The summed E-state index contributed by atoms with van der Waals surface area (Å²) in [5.41, 5.74) is 0.799. The Morgan fingerprint density at radius 1 is 1.35 bits per heavy atom. The highest BCUT2D eigenvalue weighted by Gasteiger charge is 2.06. The van der Waals surface area contributed by atoms with Gasteiger partial charge in [-0.05, 0) is 24.6 Å². The van der Waals surface area contributed by atoms with E-state index in [2.05, 4.69) is 25.7 Å². The number of aromatic nitrogens is 3. The lowest BCUT2D eigenvalue weighted by molar-refractivity contribution is 0.321. The Bertz CT molecular complexity index is 670. The highest BCUT2D eigenvalue weighted by atomic mass is 19.1. The summed E-state index contributed by atoms with van der Waals surface area (Å²) in [5.74, 6) is 1.29. The van der Waals surface area contributed by atoms with Gasteiger partial charge in [0.05, 0.1) is 13.2 Å². The number of aryl methyl sites for hydroxylation is 1. The Balaban J connectivity index is 1.88. The molecule has 124 valence electrons. The molecule has 0 radical (unpaired) electrons. The summed E-state index contributed by atoms with van der Waals surface area (Å²) in [6.45, 7) is 3.20. The van der Waals surface area contributed by atoms with Gasteiger partial charge in [-0.1, -0.05) is 6.07 Å². The molecular weight excluding hydrogens is 299 g/mol. The van der Waals surface area contributed by atoms with Crippen molar-refractivity contribution in [2.75, 3.05) is 13.7 Å². The third kappa shape index (κ3) is 4.67. The molecule has 0 aliphatic heterocycles. The fourth-order valence-corrected chi connectivity index (χ4v) is 1.98. The van der Waals surface area contributed by atoms with Gasteiger partial charge in [0.25, 0.3) is 0 Å². The molecule has 1 aromatic carbocycles. The van der Waals surface area contributed by atoms with E-state index in [0.29, 0.717) is 25.7 Å². The van der Waals surface area contributed by atoms with E-state index in [9.17, 15) is 4.39 Å². The number of benzene rings is 1. The predicted octanol–water partition coefficient (Wildman–Crippen LogP) is 1.22. The van der Waals surface area contributed by atoms with Crippen LogP contribution in [0.2, 0.25) is 0 Å². The maximum absolute atomic E-state index is 13.8. The number of nitrogens with zero attached hydrogens (tertiary/aromatic N) is 4. The summed E-state index contributed by atoms with van der Waals surface area (Å²) in [4.78, 5) is 8.24. The van der Waals surface area contributed by atoms with Crippen LogP contribution in [0.5, 0.6) is 5.75 Å². The molecule has 0 fully saturated rings. The average Bonchev–Trinajstić information content (AvgIpc) is 2.95. The second-order valence-electron chi connectivity index (χ2n) is 4.78. The molecule has 7 nitrogen and oxygen atoms in total. The zero-order valence-electron chi connectivity index (χ0n) is 13.5. The van der Waals surface area contributed by atoms with Crippen molar-refractivity contribution >= 4 is 5.96 Å². The van der Waals surface area contributed by atoms with Crippen molar-refractivity contribution in [1.29, 1.82) is 0 Å². The number of rotatable bonds is 6. The number of halogens is 1. The zero-order valence-corrected chi connectivity index (χ0v) is 13.5. The summed E-state index contributed by atoms with van der Waals surface area (Å²) < 4.78 is 20.7. The summed E-state index contributed by atoms with van der Waals surface area (Å²) in [5, 5.41) is 10.2. The first-order valence-corrected chi connectivity index (χ1v) is 7.32. The second kappa shape index (κ2) is 8.11. The van der Waals surface area contributed by atoms with Gasteiger partial charge in [0.1, 0.15) is 12.2 Å². The molecule has 8 heteroatoms. The van der Waals surface area contributed by atoms with Crippen LogP contribution in [0, 0.1) is 5.82 Å². The van der Waals surface area contributed by atoms with Crippen LogP contribution >= 0.6 is 0 Å². The molecule has 1 aromatic heterocycles. The van der Waals surface area contributed by atoms with Crippen molar-refractivity contribution in [1.82, 2.24) is 25.4 Å². The van der Waals surface area contributed by atoms with Crippen LogP contribution in [0.15, 0.2) is 29.5 Å². The van der Waals surface area contributed by atoms with E-state index in [1.54, 1.807) is 17.8 Å². The maximum atomic E-state index is 13.8. The first-order chi connectivity index (χ1) is 11.1. The van der Waals surface area contributed by atoms with Crippen molar-refractivity contribution in [2.45, 2.75) is 20.0 Å². The van der Waals surface area contributed by atoms with Crippen LogP contribution in [-0.4, -0.2) is 34.4 Å². The van der Waals surface area contributed by atoms with Crippen LogP contribution in [-0.2, 0) is 20.1 Å². The molecule has 2 rings (SSSR count). The van der Waals surface area contributed by atoms with Gasteiger partial charge in [0, 0.05) is 20.6 Å². The van der Waals surface area contributed by atoms with Crippen molar-refractivity contribution < 1.29 is 9.13 Å². The molecule has 0 bridgehead atoms. The molecule has 0 saturated carbocycles. The number of hydrogen-bond donors (Lipinski definition) is 2. The Labute approximate surface area is 134 Å². The molecule has 2 N–H and O–H groups in total. The van der Waals surface area contributed by atoms with Gasteiger partial charge in [-0.3, -0.25) is 9.67 Å². The lowest BCUT2D eigenvalue weighted by Crippen LogP contribution is -2.36. The standard InChI is InChI=1S/C15H21FN6O/c1-4-23-13-6-5-11(7-12(13)16)8-18-15(17-2)19-9-14-20-10-21-22(14)3/h5-7,10H,4,8-9H2,1-3H3,(H2,17,18,19). The number of nitrogens with one attached hydrogen (secondary N) is 2. The summed E-state index contributed by atoms with van der Waals surface area (Å²) in [6.07, 6.45) is 1.50. The fourth-order valence-electron chi connectivity index (χ4n) is 1.98. The van der Waals surface area contributed by atoms with Gasteiger partial charge >= 0.3 is 0 Å². The first kappa shape index (κ1) is 16.7. The molecule has 1 heterocycles. The normalized spacial score (nSPS) is 11.4. The van der Waals surface area contributed by atoms with E-state index in [1.807, 2.05) is 20.0 Å². The molecule has 0 aliphatic rings. The molecule has 0 saturated heterocycles. The van der Waals surface area contributed by atoms with E-state index in [-0.39, 0.29) is 11.6 Å². The van der Waals surface area contributed by atoms with Gasteiger partial charge < -0.3 is 15.4 Å². The molecule has 0 amide bonds. The van der Waals surface area contributed by atoms with Gasteiger partial charge in [0.15, 0.2) is 17.5 Å². The minimum atomic E-state index is -0.367. The molecule has 2 aromatic rings. The fraction of sp³-hybridized carbons (Fsp3) is 0.400. The van der Waals surface area contributed by atoms with Gasteiger partial charge in [-0.25, -0.2) is 9.37 Å². The summed E-state index contributed by atoms with van der Waals surface area (Å²) in [6, 6.07) is 4.90. The number of hydrogen-bond acceptors (Lipinski definition) is 4. The third-order valence-electron chi connectivity index (χ3n) is 3.20. The topological polar surface area (TPSA) is 76.4 Å². The van der Waals surface area contributed by atoms with Crippen LogP contribution in [0.4, 0.5) is 4.39 Å². The molecule has 0 atom stereocenters. The van der Waals surface area contributed by atoms with Crippen molar-refractivity contribution in [3.8, 4) is 5.75 Å². The number of aliphatic imine (C=N–C) groups is 1. The van der Waals surface area contributed by atoms with Crippen LogP contribution in [0.3, 0.4) is 0 Å². The Morgan fingerprint density at radius 3 is 2.74 bits per heavy atom. The quantitative estimate of drug-likeness (QED) is 0.618. The number of ether oxygens (including phenoxy) is 1. The first-order valence-electron chi connectivity index (χ1n) is 7.32. The highest BCUT2D eigenvalue weighted by molar-refractivity contribution is 5.79. The lowest BCUT2D eigenvalue weighted by atomic mass is 10.2. The van der Waals surface area contributed by atoms with Crippen LogP contribution in [0.25, 0.3) is 0 Å². The molecular formula is C15H21FN6O. The van der Waals surface area contributed by atoms with Gasteiger partial charge in [0.2, 0.25) is 0 Å². The Kier molecular flexibility index (Phi) is 5.90. The van der Waals surface area contributed by atoms with E-state index in [1.165, 1.54) is 12.4 Å². The van der Waals surface area contributed by atoms with Gasteiger partial charge in [-0.2, -0.15) is 5.10 Å². The molecule has 0 unspecified atom stereocenters. The van der Waals surface area contributed by atoms with Crippen LogP contribution in [0.1, 0.15) is 18.3 Å². The average molecular weight is 320 g/mol. The zero-order chi connectivity index (χ0) is 16.7. The summed E-state index contributed by atoms with van der Waals surface area (Å²) >= 11 is 0. The highest BCUT2D eigenvalue weighted by Crippen LogP contribution is 2.18. The van der Waals surface area contributed by atoms with E-state index in [0.717, 1.165) is 11.4 Å². The minimum absolute atomic E-state index is 0.265. The largest absolute Gasteiger partial charge is 0.491 e. The van der Waals surface area contributed by atoms with Crippen molar-refractivity contribution in [3.63, 3.8) is 0 Å². The van der Waals surface area contributed by atoms with Crippen LogP contribution < -0.4 is 15.4 Å². The van der Waals surface area contributed by atoms with E-state index in [4.69, 9.17) is 4.74 Å². The Hall–Kier alpha value is -2.64. The molecule has 0 aliphatic carbocycles. The van der Waals surface area contributed by atoms with E-state index >= 15 is 0 Å². The summed E-state index contributed by atoms with van der Waals surface area (Å²) in [7, 11) is 3.49. The minimum Gasteiger partial charge on any atom is -0.491 e. The number of guanidine groups is 1. The van der Waals surface area contributed by atoms with Crippen molar-refractivity contribution in [3.05, 3.63) is 41.7 Å².